The number of likely N-dealkylation sites (tertiary alicyclic amines) is 1. The van der Waals surface area contributed by atoms with Crippen LogP contribution in [0.25, 0.3) is 11.3 Å². The number of hydrogen-bond acceptors (Lipinski definition) is 5. The van der Waals surface area contributed by atoms with Crippen molar-refractivity contribution in [2.45, 2.75) is 25.4 Å². The molecule has 0 spiro atoms. The molecule has 1 N–H and O–H groups in total. The van der Waals surface area contributed by atoms with Crippen LogP contribution in [0.15, 0.2) is 46.9 Å². The van der Waals surface area contributed by atoms with Gasteiger partial charge in [0.2, 0.25) is 5.95 Å². The molecule has 4 aliphatic heterocycles. The topological polar surface area (TPSA) is 53.4 Å². The maximum Gasteiger partial charge on any atom is 0.212 e. The first kappa shape index (κ1) is 15.6. The van der Waals surface area contributed by atoms with Gasteiger partial charge in [0.1, 0.15) is 5.82 Å². The third-order valence-electron chi connectivity index (χ3n) is 5.66. The smallest absolute Gasteiger partial charge is 0.212 e. The number of nitrogens with zero attached hydrogens (tertiary/aromatic N) is 4. The Kier molecular flexibility index (Phi) is 3.60. The van der Waals surface area contributed by atoms with Crippen LogP contribution >= 0.6 is 0 Å². The van der Waals surface area contributed by atoms with Crippen LogP contribution < -0.4 is 15.6 Å². The molecule has 6 heteroatoms. The summed E-state index contributed by atoms with van der Waals surface area (Å²) in [6, 6.07) is 5.61. The summed E-state index contributed by atoms with van der Waals surface area (Å²) in [5.74, 6) is 1.97. The number of likely N-dealkylation sites (N-methyl/N-ethyl adjacent to an activating group) is 1. The normalized spacial score (nSPS) is 22.6. The van der Waals surface area contributed by atoms with Gasteiger partial charge < -0.3 is 10.2 Å². The predicted octanol–water partition coefficient (Wildman–Crippen LogP) is 2.13. The summed E-state index contributed by atoms with van der Waals surface area (Å²) in [6.45, 7) is 3.73. The number of nitrogens with one attached hydrogen (secondary N) is 1. The molecule has 1 saturated heterocycles. The van der Waals surface area contributed by atoms with Crippen LogP contribution in [-0.4, -0.2) is 47.2 Å². The molecule has 26 heavy (non-hydrogen) atoms. The van der Waals surface area contributed by atoms with Crippen molar-refractivity contribution in [3.63, 3.8) is 0 Å². The standard InChI is InChI=1S/C20H23N5O/c1-23-9-3-5-18(23)14-4-2-10-24(13-14)20-22-17-12-15(26)6-7-16(17)19-21-8-11-25(19)20/h2,4,6-7,12-13,18,21H,3,5,8-11H2,1H3. The second-order valence-corrected chi connectivity index (χ2v) is 7.34. The van der Waals surface area contributed by atoms with E-state index >= 15 is 0 Å². The van der Waals surface area contributed by atoms with E-state index in [4.69, 9.17) is 4.98 Å². The lowest BCUT2D eigenvalue weighted by Gasteiger charge is -2.29. The molecule has 0 bridgehead atoms. The molecule has 6 nitrogen and oxygen atoms in total. The Morgan fingerprint density at radius 3 is 3.04 bits per heavy atom. The van der Waals surface area contributed by atoms with Gasteiger partial charge in [-0.25, -0.2) is 4.98 Å². The van der Waals surface area contributed by atoms with Crippen LogP contribution in [0.1, 0.15) is 12.8 Å². The first-order valence-electron chi connectivity index (χ1n) is 9.34. The Morgan fingerprint density at radius 2 is 2.19 bits per heavy atom. The average molecular weight is 349 g/mol. The van der Waals surface area contributed by atoms with Crippen molar-refractivity contribution in [1.82, 2.24) is 14.5 Å². The maximum atomic E-state index is 11.8. The molecule has 0 saturated carbocycles. The highest BCUT2D eigenvalue weighted by Gasteiger charge is 2.28. The second kappa shape index (κ2) is 5.99. The lowest BCUT2D eigenvalue weighted by atomic mass is 10.0. The van der Waals surface area contributed by atoms with Gasteiger partial charge in [0, 0.05) is 43.5 Å². The fraction of sp³-hybridized carbons (Fsp3) is 0.400. The van der Waals surface area contributed by atoms with Crippen LogP contribution in [0.4, 0.5) is 11.8 Å². The van der Waals surface area contributed by atoms with Crippen molar-refractivity contribution in [2.24, 2.45) is 0 Å². The van der Waals surface area contributed by atoms with Crippen LogP contribution in [0.5, 0.6) is 0 Å². The van der Waals surface area contributed by atoms with Gasteiger partial charge in [0.25, 0.3) is 0 Å². The predicted molar refractivity (Wildman–Crippen MR) is 104 cm³/mol. The van der Waals surface area contributed by atoms with E-state index in [-0.39, 0.29) is 5.43 Å². The van der Waals surface area contributed by atoms with Gasteiger partial charge in [-0.15, -0.1) is 0 Å². The number of aromatic nitrogens is 2. The monoisotopic (exact) mass is 349 g/mol. The van der Waals surface area contributed by atoms with Crippen molar-refractivity contribution < 1.29 is 0 Å². The van der Waals surface area contributed by atoms with Crippen molar-refractivity contribution in [3.8, 4) is 11.3 Å². The molecular weight excluding hydrogens is 326 g/mol. The van der Waals surface area contributed by atoms with Crippen LogP contribution in [-0.2, 0) is 6.54 Å². The summed E-state index contributed by atoms with van der Waals surface area (Å²) >= 11 is 0. The summed E-state index contributed by atoms with van der Waals surface area (Å²) in [7, 11) is 2.20. The lowest BCUT2D eigenvalue weighted by molar-refractivity contribution is 0.348. The number of hydrogen-bond donors (Lipinski definition) is 1. The van der Waals surface area contributed by atoms with Crippen molar-refractivity contribution in [1.29, 1.82) is 0 Å². The van der Waals surface area contributed by atoms with E-state index in [0.717, 1.165) is 49.2 Å². The van der Waals surface area contributed by atoms with Gasteiger partial charge in [-0.05, 0) is 44.1 Å². The number of benzene rings is 1. The van der Waals surface area contributed by atoms with E-state index in [2.05, 4.69) is 45.1 Å². The quantitative estimate of drug-likeness (QED) is 0.900. The van der Waals surface area contributed by atoms with Crippen molar-refractivity contribution in [3.05, 3.63) is 52.3 Å². The maximum absolute atomic E-state index is 11.8. The average Bonchev–Trinajstić information content (AvgIpc) is 3.30. The Bertz CT molecular complexity index is 944. The largest absolute Gasteiger partial charge is 0.369 e. The van der Waals surface area contributed by atoms with E-state index in [0.29, 0.717) is 6.04 Å². The Hall–Kier alpha value is -2.60. The first-order chi connectivity index (χ1) is 12.7. The highest BCUT2D eigenvalue weighted by atomic mass is 16.1. The zero-order valence-corrected chi connectivity index (χ0v) is 15.0. The van der Waals surface area contributed by atoms with Gasteiger partial charge in [0.05, 0.1) is 5.69 Å². The molecule has 0 amide bonds. The summed E-state index contributed by atoms with van der Waals surface area (Å²) in [6.07, 6.45) is 9.17. The highest BCUT2D eigenvalue weighted by Crippen LogP contribution is 2.35. The van der Waals surface area contributed by atoms with Gasteiger partial charge in [-0.2, -0.15) is 0 Å². The van der Waals surface area contributed by atoms with Gasteiger partial charge >= 0.3 is 0 Å². The summed E-state index contributed by atoms with van der Waals surface area (Å²) in [5.41, 5.74) is 3.12. The van der Waals surface area contributed by atoms with E-state index in [1.807, 2.05) is 6.07 Å². The molecule has 4 heterocycles. The number of fused-ring (bicyclic) bond motifs is 3. The number of rotatable bonds is 2. The molecule has 134 valence electrons. The highest BCUT2D eigenvalue weighted by molar-refractivity contribution is 5.77. The fourth-order valence-electron chi connectivity index (χ4n) is 4.37. The molecule has 1 unspecified atom stereocenters. The zero-order chi connectivity index (χ0) is 17.7. The molecule has 1 atom stereocenters. The Labute approximate surface area is 152 Å². The van der Waals surface area contributed by atoms with Gasteiger partial charge in [-0.1, -0.05) is 12.2 Å². The summed E-state index contributed by atoms with van der Waals surface area (Å²) in [5, 5.41) is 3.46. The molecule has 1 fully saturated rings. The van der Waals surface area contributed by atoms with Gasteiger partial charge in [-0.3, -0.25) is 14.3 Å². The third-order valence-corrected chi connectivity index (χ3v) is 5.66. The van der Waals surface area contributed by atoms with Crippen molar-refractivity contribution in [2.75, 3.05) is 36.9 Å². The third kappa shape index (κ3) is 2.44. The minimum Gasteiger partial charge on any atom is -0.369 e. The molecule has 5 aliphatic rings. The molecular formula is C20H23N5O. The van der Waals surface area contributed by atoms with Crippen LogP contribution in [0.3, 0.4) is 0 Å². The summed E-state index contributed by atoms with van der Waals surface area (Å²) < 4.78 is 2.23. The summed E-state index contributed by atoms with van der Waals surface area (Å²) in [4.78, 5) is 21.3. The minimum atomic E-state index is 0.00116. The van der Waals surface area contributed by atoms with E-state index in [9.17, 15) is 4.79 Å². The molecule has 0 radical (unpaired) electrons. The fourth-order valence-corrected chi connectivity index (χ4v) is 4.37. The first-order valence-corrected chi connectivity index (χ1v) is 9.34. The van der Waals surface area contributed by atoms with Crippen LogP contribution in [0.2, 0.25) is 0 Å². The van der Waals surface area contributed by atoms with Crippen molar-refractivity contribution >= 4 is 11.8 Å². The second-order valence-electron chi connectivity index (χ2n) is 7.34. The zero-order valence-electron chi connectivity index (χ0n) is 15.0. The van der Waals surface area contributed by atoms with Crippen LogP contribution in [0, 0.1) is 0 Å². The number of anilines is 2. The molecule has 0 aromatic carbocycles. The minimum absolute atomic E-state index is 0.00116. The van der Waals surface area contributed by atoms with E-state index in [1.165, 1.54) is 18.4 Å². The van der Waals surface area contributed by atoms with E-state index < -0.39 is 0 Å². The molecule has 0 aromatic rings. The lowest BCUT2D eigenvalue weighted by Crippen LogP contribution is -2.31. The molecule has 0 aromatic heterocycles. The SMILES string of the molecule is CN1CCCC1C1=CN(c2nc3cc(=O)ccc-3c3n2CCN3)CC=C1. The molecule has 1 aliphatic carbocycles. The Morgan fingerprint density at radius 1 is 1.27 bits per heavy atom. The molecule has 5 rings (SSSR count). The van der Waals surface area contributed by atoms with E-state index in [1.54, 1.807) is 12.1 Å². The van der Waals surface area contributed by atoms with Gasteiger partial charge in [0.15, 0.2) is 5.43 Å². The Balaban J connectivity index is 1.61.